The van der Waals surface area contributed by atoms with E-state index in [1.165, 1.54) is 6.21 Å². The van der Waals surface area contributed by atoms with Crippen LogP contribution in [0.25, 0.3) is 0 Å². The summed E-state index contributed by atoms with van der Waals surface area (Å²) in [6.07, 6.45) is 1.93. The van der Waals surface area contributed by atoms with E-state index in [-0.39, 0.29) is 18.4 Å². The number of hydrogen-bond donors (Lipinski definition) is 2. The number of benzene rings is 2. The summed E-state index contributed by atoms with van der Waals surface area (Å²) in [5.74, 6) is 1.24. The molecule has 0 fully saturated rings. The first kappa shape index (κ1) is 24.7. The van der Waals surface area contributed by atoms with Gasteiger partial charge < -0.3 is 19.5 Å². The molecule has 0 unspecified atom stereocenters. The molecule has 1 atom stereocenters. The van der Waals surface area contributed by atoms with E-state index in [4.69, 9.17) is 14.2 Å². The Morgan fingerprint density at radius 1 is 1.06 bits per heavy atom. The van der Waals surface area contributed by atoms with E-state index in [2.05, 4.69) is 15.8 Å². The number of hydrogen-bond acceptors (Lipinski definition) is 6. The summed E-state index contributed by atoms with van der Waals surface area (Å²) in [7, 11) is 3.11. The Balaban J connectivity index is 1.99. The first-order valence-electron chi connectivity index (χ1n) is 10.4. The monoisotopic (exact) mass is 441 g/mol. The van der Waals surface area contributed by atoms with E-state index >= 15 is 0 Å². The fourth-order valence-electron chi connectivity index (χ4n) is 2.98. The summed E-state index contributed by atoms with van der Waals surface area (Å²) < 4.78 is 16.1. The molecule has 2 N–H and O–H groups in total. The lowest BCUT2D eigenvalue weighted by Gasteiger charge is -2.19. The lowest BCUT2D eigenvalue weighted by Crippen LogP contribution is -2.47. The highest BCUT2D eigenvalue weighted by atomic mass is 16.5. The molecular weight excluding hydrogens is 410 g/mol. The van der Waals surface area contributed by atoms with Crippen molar-refractivity contribution in [1.29, 1.82) is 0 Å². The van der Waals surface area contributed by atoms with E-state index in [9.17, 15) is 9.59 Å². The van der Waals surface area contributed by atoms with E-state index in [1.54, 1.807) is 38.5 Å². The molecule has 0 bridgehead atoms. The molecule has 8 heteroatoms. The quantitative estimate of drug-likeness (QED) is 0.413. The number of carbonyl (C=O) groups is 2. The number of para-hydroxylation sites is 1. The van der Waals surface area contributed by atoms with Gasteiger partial charge in [0.2, 0.25) is 0 Å². The van der Waals surface area contributed by atoms with Gasteiger partial charge in [0, 0.05) is 5.56 Å². The molecule has 8 nitrogen and oxygen atoms in total. The first-order chi connectivity index (χ1) is 15.3. The van der Waals surface area contributed by atoms with Crippen LogP contribution < -0.4 is 25.0 Å². The van der Waals surface area contributed by atoms with Crippen LogP contribution in [0.1, 0.15) is 31.4 Å². The van der Waals surface area contributed by atoms with Crippen LogP contribution in [-0.4, -0.2) is 44.9 Å². The van der Waals surface area contributed by atoms with Crippen molar-refractivity contribution < 1.29 is 23.8 Å². The van der Waals surface area contributed by atoms with Crippen LogP contribution in [0.2, 0.25) is 0 Å². The summed E-state index contributed by atoms with van der Waals surface area (Å²) in [5, 5.41) is 6.76. The standard InChI is InChI=1S/C24H31N3O5/c1-16(2)12-20(26-23(28)15-32-21-9-7-6-8-17(21)3)24(29)27-25-14-18-13-19(30-4)10-11-22(18)31-5/h6-11,13-14,16,20H,12,15H2,1-5H3,(H,26,28)(H,27,29)/b25-14-/t20-/m1/s1. The molecule has 0 spiro atoms. The third kappa shape index (κ3) is 7.61. The third-order valence-electron chi connectivity index (χ3n) is 4.63. The fourth-order valence-corrected chi connectivity index (χ4v) is 2.98. The second kappa shape index (κ2) is 12.3. The van der Waals surface area contributed by atoms with Gasteiger partial charge in [0.15, 0.2) is 6.61 Å². The number of methoxy groups -OCH3 is 2. The van der Waals surface area contributed by atoms with E-state index < -0.39 is 11.9 Å². The van der Waals surface area contributed by atoms with Crippen LogP contribution in [0.5, 0.6) is 17.2 Å². The topological polar surface area (TPSA) is 98.3 Å². The molecule has 0 saturated heterocycles. The van der Waals surface area contributed by atoms with Gasteiger partial charge in [-0.1, -0.05) is 32.0 Å². The molecule has 0 aromatic heterocycles. The van der Waals surface area contributed by atoms with Crippen LogP contribution >= 0.6 is 0 Å². The van der Waals surface area contributed by atoms with Gasteiger partial charge in [-0.25, -0.2) is 5.43 Å². The maximum Gasteiger partial charge on any atom is 0.262 e. The number of nitrogens with zero attached hydrogens (tertiary/aromatic N) is 1. The number of hydrazone groups is 1. The van der Waals surface area contributed by atoms with Crippen molar-refractivity contribution in [2.75, 3.05) is 20.8 Å². The Morgan fingerprint density at radius 3 is 2.47 bits per heavy atom. The highest BCUT2D eigenvalue weighted by Crippen LogP contribution is 2.22. The Labute approximate surface area is 188 Å². The van der Waals surface area contributed by atoms with E-state index in [1.807, 2.05) is 39.0 Å². The number of carbonyl (C=O) groups excluding carboxylic acids is 2. The Bertz CT molecular complexity index is 943. The minimum absolute atomic E-state index is 0.184. The van der Waals surface area contributed by atoms with Gasteiger partial charge in [0.1, 0.15) is 23.3 Å². The minimum Gasteiger partial charge on any atom is -0.497 e. The van der Waals surface area contributed by atoms with E-state index in [0.29, 0.717) is 29.2 Å². The van der Waals surface area contributed by atoms with Crippen molar-refractivity contribution in [1.82, 2.24) is 10.7 Å². The second-order valence-corrected chi connectivity index (χ2v) is 7.65. The SMILES string of the molecule is COc1ccc(OC)c(/C=N\NC(=O)[C@@H](CC(C)C)NC(=O)COc2ccccc2C)c1. The maximum atomic E-state index is 12.7. The summed E-state index contributed by atoms with van der Waals surface area (Å²) in [5.41, 5.74) is 4.06. The van der Waals surface area contributed by atoms with Gasteiger partial charge in [-0.15, -0.1) is 0 Å². The first-order valence-corrected chi connectivity index (χ1v) is 10.4. The zero-order valence-electron chi connectivity index (χ0n) is 19.2. The van der Waals surface area contributed by atoms with Crippen molar-refractivity contribution in [3.63, 3.8) is 0 Å². The normalized spacial score (nSPS) is 11.8. The largest absolute Gasteiger partial charge is 0.497 e. The van der Waals surface area contributed by atoms with Gasteiger partial charge in [-0.3, -0.25) is 9.59 Å². The van der Waals surface area contributed by atoms with Crippen LogP contribution in [0, 0.1) is 12.8 Å². The van der Waals surface area contributed by atoms with Gasteiger partial charge in [-0.05, 0) is 49.1 Å². The highest BCUT2D eigenvalue weighted by Gasteiger charge is 2.22. The van der Waals surface area contributed by atoms with Crippen molar-refractivity contribution in [3.8, 4) is 17.2 Å². The molecule has 2 aromatic rings. The molecule has 32 heavy (non-hydrogen) atoms. The summed E-state index contributed by atoms with van der Waals surface area (Å²) in [6, 6.07) is 11.9. The lowest BCUT2D eigenvalue weighted by molar-refractivity contribution is -0.130. The molecule has 0 aliphatic carbocycles. The van der Waals surface area contributed by atoms with Gasteiger partial charge in [0.05, 0.1) is 20.4 Å². The average molecular weight is 442 g/mol. The molecule has 2 rings (SSSR count). The minimum atomic E-state index is -0.743. The number of amides is 2. The number of rotatable bonds is 11. The molecule has 2 amide bonds. The average Bonchev–Trinajstić information content (AvgIpc) is 2.77. The predicted molar refractivity (Wildman–Crippen MR) is 123 cm³/mol. The van der Waals surface area contributed by atoms with Crippen LogP contribution in [0.15, 0.2) is 47.6 Å². The molecule has 0 aliphatic rings. The zero-order valence-corrected chi connectivity index (χ0v) is 19.2. The maximum absolute atomic E-state index is 12.7. The van der Waals surface area contributed by atoms with Gasteiger partial charge >= 0.3 is 0 Å². The predicted octanol–water partition coefficient (Wildman–Crippen LogP) is 3.07. The van der Waals surface area contributed by atoms with Gasteiger partial charge in [-0.2, -0.15) is 5.10 Å². The molecule has 0 saturated carbocycles. The molecule has 2 aromatic carbocycles. The third-order valence-corrected chi connectivity index (χ3v) is 4.63. The lowest BCUT2D eigenvalue weighted by atomic mass is 10.0. The smallest absolute Gasteiger partial charge is 0.262 e. The molecule has 0 heterocycles. The number of ether oxygens (including phenoxy) is 3. The highest BCUT2D eigenvalue weighted by molar-refractivity contribution is 5.90. The van der Waals surface area contributed by atoms with Crippen LogP contribution in [-0.2, 0) is 9.59 Å². The number of aryl methyl sites for hydroxylation is 1. The van der Waals surface area contributed by atoms with Crippen molar-refractivity contribution in [3.05, 3.63) is 53.6 Å². The molecule has 0 aliphatic heterocycles. The number of nitrogens with one attached hydrogen (secondary N) is 2. The fraction of sp³-hybridized carbons (Fsp3) is 0.375. The Morgan fingerprint density at radius 2 is 1.81 bits per heavy atom. The molecule has 0 radical (unpaired) electrons. The van der Waals surface area contributed by atoms with Crippen molar-refractivity contribution in [2.45, 2.75) is 33.2 Å². The molecular formula is C24H31N3O5. The van der Waals surface area contributed by atoms with E-state index in [0.717, 1.165) is 5.56 Å². The summed E-state index contributed by atoms with van der Waals surface area (Å²) in [6.45, 7) is 5.66. The van der Waals surface area contributed by atoms with Crippen LogP contribution in [0.3, 0.4) is 0 Å². The van der Waals surface area contributed by atoms with Crippen LogP contribution in [0.4, 0.5) is 0 Å². The summed E-state index contributed by atoms with van der Waals surface area (Å²) in [4.78, 5) is 25.1. The summed E-state index contributed by atoms with van der Waals surface area (Å²) >= 11 is 0. The Kier molecular flexibility index (Phi) is 9.53. The van der Waals surface area contributed by atoms with Crippen molar-refractivity contribution >= 4 is 18.0 Å². The van der Waals surface area contributed by atoms with Gasteiger partial charge in [0.25, 0.3) is 11.8 Å². The zero-order chi connectivity index (χ0) is 23.5. The van der Waals surface area contributed by atoms with Crippen molar-refractivity contribution in [2.24, 2.45) is 11.0 Å². The molecule has 172 valence electrons. The second-order valence-electron chi connectivity index (χ2n) is 7.65. The Hall–Kier alpha value is -3.55.